The molecule has 2 aromatic rings. The summed E-state index contributed by atoms with van der Waals surface area (Å²) in [5.41, 5.74) is 1.50. The molecule has 0 unspecified atom stereocenters. The van der Waals surface area contributed by atoms with Crippen LogP contribution in [0.25, 0.3) is 0 Å². The van der Waals surface area contributed by atoms with Gasteiger partial charge in [0.05, 0.1) is 0 Å². The Morgan fingerprint density at radius 1 is 1.00 bits per heavy atom. The molecule has 114 valence electrons. The summed E-state index contributed by atoms with van der Waals surface area (Å²) in [4.78, 5) is 2.62. The van der Waals surface area contributed by atoms with Crippen LogP contribution in [-0.2, 0) is 19.6 Å². The fourth-order valence-electron chi connectivity index (χ4n) is 1.92. The first kappa shape index (κ1) is 16.1. The lowest BCUT2D eigenvalue weighted by molar-refractivity contribution is 0.310. The minimum atomic E-state index is 0.154. The van der Waals surface area contributed by atoms with Crippen molar-refractivity contribution in [2.45, 2.75) is 52.8 Å². The summed E-state index contributed by atoms with van der Waals surface area (Å²) >= 11 is 1.81. The number of thiophene rings is 1. The molecule has 2 nitrogen and oxygen atoms in total. The van der Waals surface area contributed by atoms with Gasteiger partial charge in [-0.05, 0) is 57.0 Å². The van der Waals surface area contributed by atoms with Gasteiger partial charge in [-0.15, -0.1) is 11.3 Å². The van der Waals surface area contributed by atoms with E-state index >= 15 is 0 Å². The zero-order valence-corrected chi connectivity index (χ0v) is 14.2. The van der Waals surface area contributed by atoms with Gasteiger partial charge in [-0.25, -0.2) is 0 Å². The van der Waals surface area contributed by atoms with Crippen LogP contribution in [0.15, 0.2) is 36.4 Å². The topological polar surface area (TPSA) is 21.3 Å². The van der Waals surface area contributed by atoms with Crippen molar-refractivity contribution in [2.24, 2.45) is 0 Å². The lowest BCUT2D eigenvalue weighted by atomic mass is 10.1. The van der Waals surface area contributed by atoms with Gasteiger partial charge in [-0.1, -0.05) is 19.1 Å². The maximum atomic E-state index is 5.84. The Labute approximate surface area is 132 Å². The Balaban J connectivity index is 1.84. The van der Waals surface area contributed by atoms with E-state index in [2.05, 4.69) is 69.4 Å². The SMILES string of the molecule is CCc1ccc(OCc2ccc(CNC(C)(C)C)s2)cc1. The molecule has 0 amide bonds. The van der Waals surface area contributed by atoms with Crippen LogP contribution in [0.5, 0.6) is 5.75 Å². The molecule has 0 spiro atoms. The van der Waals surface area contributed by atoms with E-state index in [1.807, 2.05) is 11.3 Å². The van der Waals surface area contributed by atoms with Crippen molar-refractivity contribution >= 4 is 11.3 Å². The van der Waals surface area contributed by atoms with E-state index in [4.69, 9.17) is 4.74 Å². The third-order valence-electron chi connectivity index (χ3n) is 3.22. The van der Waals surface area contributed by atoms with E-state index in [9.17, 15) is 0 Å². The molecule has 21 heavy (non-hydrogen) atoms. The summed E-state index contributed by atoms with van der Waals surface area (Å²) in [6, 6.07) is 12.7. The van der Waals surface area contributed by atoms with Crippen LogP contribution in [0.1, 0.15) is 43.0 Å². The zero-order valence-electron chi connectivity index (χ0n) is 13.4. The van der Waals surface area contributed by atoms with E-state index in [0.717, 1.165) is 18.7 Å². The summed E-state index contributed by atoms with van der Waals surface area (Å²) in [6.45, 7) is 10.3. The van der Waals surface area contributed by atoms with Crippen molar-refractivity contribution in [3.05, 3.63) is 51.7 Å². The average Bonchev–Trinajstić information content (AvgIpc) is 2.91. The van der Waals surface area contributed by atoms with Gasteiger partial charge in [0.25, 0.3) is 0 Å². The molecule has 0 aliphatic carbocycles. The normalized spacial score (nSPS) is 11.6. The van der Waals surface area contributed by atoms with Gasteiger partial charge in [-0.2, -0.15) is 0 Å². The first-order chi connectivity index (χ1) is 9.96. The number of rotatable bonds is 6. The minimum absolute atomic E-state index is 0.154. The summed E-state index contributed by atoms with van der Waals surface area (Å²) in [6.07, 6.45) is 1.06. The number of hydrogen-bond donors (Lipinski definition) is 1. The van der Waals surface area contributed by atoms with E-state index in [1.165, 1.54) is 15.3 Å². The third-order valence-corrected chi connectivity index (χ3v) is 4.28. The Hall–Kier alpha value is -1.32. The zero-order chi connectivity index (χ0) is 15.3. The van der Waals surface area contributed by atoms with Crippen LogP contribution in [0.4, 0.5) is 0 Å². The van der Waals surface area contributed by atoms with Gasteiger partial charge in [0, 0.05) is 21.8 Å². The maximum absolute atomic E-state index is 5.84. The van der Waals surface area contributed by atoms with Crippen LogP contribution in [0, 0.1) is 0 Å². The Kier molecular flexibility index (Phi) is 5.43. The highest BCUT2D eigenvalue weighted by atomic mass is 32.1. The fraction of sp³-hybridized carbons (Fsp3) is 0.444. The van der Waals surface area contributed by atoms with Crippen LogP contribution >= 0.6 is 11.3 Å². The molecular weight excluding hydrogens is 278 g/mol. The average molecular weight is 303 g/mol. The van der Waals surface area contributed by atoms with E-state index < -0.39 is 0 Å². The number of aryl methyl sites for hydroxylation is 1. The van der Waals surface area contributed by atoms with Crippen LogP contribution < -0.4 is 10.1 Å². The molecule has 0 fully saturated rings. The first-order valence-corrected chi connectivity index (χ1v) is 8.32. The lowest BCUT2D eigenvalue weighted by Gasteiger charge is -2.19. The second-order valence-electron chi connectivity index (χ2n) is 6.26. The molecule has 1 heterocycles. The first-order valence-electron chi connectivity index (χ1n) is 7.50. The third kappa shape index (κ3) is 5.52. The molecule has 0 atom stereocenters. The molecule has 0 aliphatic rings. The molecule has 0 saturated carbocycles. The van der Waals surface area contributed by atoms with Crippen molar-refractivity contribution in [3.63, 3.8) is 0 Å². The van der Waals surface area contributed by atoms with Crippen LogP contribution in [0.3, 0.4) is 0 Å². The van der Waals surface area contributed by atoms with Crippen molar-refractivity contribution in [2.75, 3.05) is 0 Å². The fourth-order valence-corrected chi connectivity index (χ4v) is 2.79. The highest BCUT2D eigenvalue weighted by molar-refractivity contribution is 7.11. The number of benzene rings is 1. The summed E-state index contributed by atoms with van der Waals surface area (Å²) in [7, 11) is 0. The quantitative estimate of drug-likeness (QED) is 0.829. The molecule has 0 radical (unpaired) electrons. The molecule has 1 aromatic heterocycles. The summed E-state index contributed by atoms with van der Waals surface area (Å²) in [5, 5.41) is 3.51. The summed E-state index contributed by atoms with van der Waals surface area (Å²) < 4.78 is 5.84. The standard InChI is InChI=1S/C18H25NOS/c1-5-14-6-8-15(9-7-14)20-13-17-11-10-16(21-17)12-19-18(2,3)4/h6-11,19H,5,12-13H2,1-4H3. The molecule has 3 heteroatoms. The highest BCUT2D eigenvalue weighted by Crippen LogP contribution is 2.20. The van der Waals surface area contributed by atoms with Gasteiger partial charge in [0.15, 0.2) is 0 Å². The van der Waals surface area contributed by atoms with Gasteiger partial charge >= 0.3 is 0 Å². The Morgan fingerprint density at radius 2 is 1.67 bits per heavy atom. The van der Waals surface area contributed by atoms with Gasteiger partial charge in [0.2, 0.25) is 0 Å². The van der Waals surface area contributed by atoms with Crippen molar-refractivity contribution < 1.29 is 4.74 Å². The molecule has 2 rings (SSSR count). The largest absolute Gasteiger partial charge is 0.488 e. The van der Waals surface area contributed by atoms with Gasteiger partial charge in [0.1, 0.15) is 12.4 Å². The Morgan fingerprint density at radius 3 is 2.29 bits per heavy atom. The predicted octanol–water partition coefficient (Wildman–Crippen LogP) is 4.78. The van der Waals surface area contributed by atoms with Crippen molar-refractivity contribution in [3.8, 4) is 5.75 Å². The predicted molar refractivity (Wildman–Crippen MR) is 91.1 cm³/mol. The minimum Gasteiger partial charge on any atom is -0.488 e. The smallest absolute Gasteiger partial charge is 0.122 e. The maximum Gasteiger partial charge on any atom is 0.122 e. The lowest BCUT2D eigenvalue weighted by Crippen LogP contribution is -2.34. The molecule has 0 bridgehead atoms. The van der Waals surface area contributed by atoms with Gasteiger partial charge in [-0.3, -0.25) is 0 Å². The van der Waals surface area contributed by atoms with Crippen LogP contribution in [-0.4, -0.2) is 5.54 Å². The molecule has 1 N–H and O–H groups in total. The second-order valence-corrected chi connectivity index (χ2v) is 7.51. The molecule has 1 aromatic carbocycles. The van der Waals surface area contributed by atoms with Gasteiger partial charge < -0.3 is 10.1 Å². The monoisotopic (exact) mass is 303 g/mol. The van der Waals surface area contributed by atoms with Crippen molar-refractivity contribution in [1.82, 2.24) is 5.32 Å². The molecule has 0 aliphatic heterocycles. The number of nitrogens with one attached hydrogen (secondary N) is 1. The van der Waals surface area contributed by atoms with Crippen LogP contribution in [0.2, 0.25) is 0 Å². The number of ether oxygens (including phenoxy) is 1. The highest BCUT2D eigenvalue weighted by Gasteiger charge is 2.09. The van der Waals surface area contributed by atoms with E-state index in [-0.39, 0.29) is 5.54 Å². The molecule has 0 saturated heterocycles. The number of hydrogen-bond acceptors (Lipinski definition) is 3. The van der Waals surface area contributed by atoms with E-state index in [1.54, 1.807) is 0 Å². The van der Waals surface area contributed by atoms with E-state index in [0.29, 0.717) is 6.61 Å². The second kappa shape index (κ2) is 7.10. The Bertz CT molecular complexity index is 551. The van der Waals surface area contributed by atoms with Crippen molar-refractivity contribution in [1.29, 1.82) is 0 Å². The summed E-state index contributed by atoms with van der Waals surface area (Å²) in [5.74, 6) is 0.940. The molecular formula is C18H25NOS.